The number of carbonyl (C=O) groups excluding carboxylic acids is 1. The molecule has 2 unspecified atom stereocenters. The van der Waals surface area contributed by atoms with Crippen LogP contribution in [-0.2, 0) is 0 Å². The van der Waals surface area contributed by atoms with Gasteiger partial charge in [0.2, 0.25) is 0 Å². The molecule has 1 aromatic carbocycles. The summed E-state index contributed by atoms with van der Waals surface area (Å²) in [5.41, 5.74) is 1.78. The van der Waals surface area contributed by atoms with Gasteiger partial charge in [0.1, 0.15) is 0 Å². The van der Waals surface area contributed by atoms with Gasteiger partial charge in [-0.15, -0.1) is 0 Å². The molecule has 0 aliphatic carbocycles. The molecular weight excluding hydrogens is 240 g/mol. The van der Waals surface area contributed by atoms with Gasteiger partial charge < -0.3 is 14.9 Å². The highest BCUT2D eigenvalue weighted by Gasteiger charge is 2.34. The van der Waals surface area contributed by atoms with Crippen LogP contribution in [0.4, 0.5) is 0 Å². The topological polar surface area (TPSA) is 43.8 Å². The summed E-state index contributed by atoms with van der Waals surface area (Å²) in [6, 6.07) is 7.72. The Balaban J connectivity index is 2.17. The fraction of sp³-hybridized carbons (Fsp3) is 0.533. The van der Waals surface area contributed by atoms with Gasteiger partial charge in [0.05, 0.1) is 6.10 Å². The number of carbonyl (C=O) groups is 1. The summed E-state index contributed by atoms with van der Waals surface area (Å²) in [5, 5.41) is 9.82. The molecule has 1 saturated heterocycles. The van der Waals surface area contributed by atoms with E-state index >= 15 is 0 Å². The molecule has 1 aromatic rings. The van der Waals surface area contributed by atoms with Crippen molar-refractivity contribution in [3.05, 3.63) is 35.4 Å². The van der Waals surface area contributed by atoms with E-state index in [1.165, 1.54) is 0 Å². The maximum absolute atomic E-state index is 12.5. The van der Waals surface area contributed by atoms with Crippen molar-refractivity contribution in [2.45, 2.75) is 25.5 Å². The second-order valence-electron chi connectivity index (χ2n) is 5.63. The van der Waals surface area contributed by atoms with E-state index in [0.29, 0.717) is 18.5 Å². The maximum Gasteiger partial charge on any atom is 0.254 e. The highest BCUT2D eigenvalue weighted by Crippen LogP contribution is 2.21. The number of nitrogens with zero attached hydrogens (tertiary/aromatic N) is 2. The molecule has 19 heavy (non-hydrogen) atoms. The van der Waals surface area contributed by atoms with Crippen molar-refractivity contribution in [1.82, 2.24) is 9.80 Å². The monoisotopic (exact) mass is 262 g/mol. The Labute approximate surface area is 114 Å². The van der Waals surface area contributed by atoms with Crippen LogP contribution in [0.1, 0.15) is 22.3 Å². The zero-order valence-corrected chi connectivity index (χ0v) is 11.8. The Bertz CT molecular complexity index is 459. The molecule has 104 valence electrons. The minimum Gasteiger partial charge on any atom is -0.391 e. The number of likely N-dealkylation sites (tertiary alicyclic amines) is 1. The zero-order chi connectivity index (χ0) is 14.0. The number of likely N-dealkylation sites (N-methyl/N-ethyl adjacent to an activating group) is 1. The van der Waals surface area contributed by atoms with E-state index in [0.717, 1.165) is 12.1 Å². The molecule has 1 heterocycles. The van der Waals surface area contributed by atoms with Gasteiger partial charge in [-0.3, -0.25) is 4.79 Å². The average Bonchev–Trinajstić information content (AvgIpc) is 2.68. The molecule has 4 nitrogen and oxygen atoms in total. The molecule has 2 atom stereocenters. The van der Waals surface area contributed by atoms with Crippen LogP contribution in [0, 0.1) is 6.92 Å². The predicted octanol–water partition coefficient (Wildman–Crippen LogP) is 1.13. The molecule has 1 fully saturated rings. The maximum atomic E-state index is 12.5. The van der Waals surface area contributed by atoms with Crippen molar-refractivity contribution < 1.29 is 9.90 Å². The standard InChI is InChI=1S/C15H22N2O2/c1-11-5-4-6-12(7-11)15(19)17-10-14(18)8-13(17)9-16(2)3/h4-7,13-14,18H,8-10H2,1-3H3. The smallest absolute Gasteiger partial charge is 0.254 e. The molecule has 0 radical (unpaired) electrons. The number of hydrogen-bond acceptors (Lipinski definition) is 3. The summed E-state index contributed by atoms with van der Waals surface area (Å²) in [7, 11) is 3.97. The SMILES string of the molecule is Cc1cccc(C(=O)N2CC(O)CC2CN(C)C)c1. The Morgan fingerprint density at radius 3 is 2.84 bits per heavy atom. The number of aliphatic hydroxyl groups is 1. The number of β-amino-alcohol motifs (C(OH)–C–C–N with tert-alkyl or cyclic N) is 1. The lowest BCUT2D eigenvalue weighted by Crippen LogP contribution is -2.41. The predicted molar refractivity (Wildman–Crippen MR) is 75.2 cm³/mol. The summed E-state index contributed by atoms with van der Waals surface area (Å²) < 4.78 is 0. The van der Waals surface area contributed by atoms with Crippen molar-refractivity contribution in [3.8, 4) is 0 Å². The van der Waals surface area contributed by atoms with Gasteiger partial charge >= 0.3 is 0 Å². The number of hydrogen-bond donors (Lipinski definition) is 1. The fourth-order valence-corrected chi connectivity index (χ4v) is 2.68. The molecule has 2 rings (SSSR count). The summed E-state index contributed by atoms with van der Waals surface area (Å²) in [5.74, 6) is 0.0205. The first-order valence-corrected chi connectivity index (χ1v) is 6.68. The minimum absolute atomic E-state index is 0.0205. The third-order valence-electron chi connectivity index (χ3n) is 3.49. The molecule has 0 saturated carbocycles. The van der Waals surface area contributed by atoms with Crippen LogP contribution in [-0.4, -0.2) is 60.1 Å². The lowest BCUT2D eigenvalue weighted by Gasteiger charge is -2.27. The van der Waals surface area contributed by atoms with Gasteiger partial charge in [0.15, 0.2) is 0 Å². The number of aryl methyl sites for hydroxylation is 1. The molecule has 4 heteroatoms. The zero-order valence-electron chi connectivity index (χ0n) is 11.8. The first-order chi connectivity index (χ1) is 8.97. The van der Waals surface area contributed by atoms with E-state index < -0.39 is 6.10 Å². The number of rotatable bonds is 3. The summed E-state index contributed by atoms with van der Waals surface area (Å²) in [4.78, 5) is 16.4. The first kappa shape index (κ1) is 14.0. The van der Waals surface area contributed by atoms with Crippen molar-refractivity contribution in [3.63, 3.8) is 0 Å². The number of amides is 1. The third kappa shape index (κ3) is 3.33. The molecule has 0 bridgehead atoms. The first-order valence-electron chi connectivity index (χ1n) is 6.68. The lowest BCUT2D eigenvalue weighted by molar-refractivity contribution is 0.0699. The highest BCUT2D eigenvalue weighted by atomic mass is 16.3. The van der Waals surface area contributed by atoms with Gasteiger partial charge in [0.25, 0.3) is 5.91 Å². The van der Waals surface area contributed by atoms with E-state index in [1.54, 1.807) is 4.90 Å². The molecule has 0 aromatic heterocycles. The van der Waals surface area contributed by atoms with Gasteiger partial charge in [-0.05, 0) is 39.6 Å². The van der Waals surface area contributed by atoms with Crippen LogP contribution in [0.25, 0.3) is 0 Å². The van der Waals surface area contributed by atoms with E-state index in [9.17, 15) is 9.90 Å². The van der Waals surface area contributed by atoms with Crippen LogP contribution < -0.4 is 0 Å². The second kappa shape index (κ2) is 5.72. The molecule has 1 aliphatic heterocycles. The Hall–Kier alpha value is -1.39. The number of benzene rings is 1. The molecule has 1 amide bonds. The minimum atomic E-state index is -0.404. The van der Waals surface area contributed by atoms with Crippen LogP contribution in [0.5, 0.6) is 0 Å². The van der Waals surface area contributed by atoms with Gasteiger partial charge in [-0.1, -0.05) is 17.7 Å². The van der Waals surface area contributed by atoms with Crippen LogP contribution in [0.2, 0.25) is 0 Å². The fourth-order valence-electron chi connectivity index (χ4n) is 2.68. The van der Waals surface area contributed by atoms with E-state index in [1.807, 2.05) is 45.3 Å². The molecule has 1 aliphatic rings. The van der Waals surface area contributed by atoms with Gasteiger partial charge in [0, 0.05) is 24.7 Å². The second-order valence-corrected chi connectivity index (χ2v) is 5.63. The normalized spacial score (nSPS) is 23.1. The van der Waals surface area contributed by atoms with Crippen LogP contribution in [0.15, 0.2) is 24.3 Å². The van der Waals surface area contributed by atoms with Gasteiger partial charge in [-0.2, -0.15) is 0 Å². The van der Waals surface area contributed by atoms with Crippen LogP contribution in [0.3, 0.4) is 0 Å². The highest BCUT2D eigenvalue weighted by molar-refractivity contribution is 5.94. The molecule has 1 N–H and O–H groups in total. The van der Waals surface area contributed by atoms with E-state index in [-0.39, 0.29) is 11.9 Å². The van der Waals surface area contributed by atoms with E-state index in [4.69, 9.17) is 0 Å². The largest absolute Gasteiger partial charge is 0.391 e. The van der Waals surface area contributed by atoms with Crippen molar-refractivity contribution in [2.24, 2.45) is 0 Å². The summed E-state index contributed by atoms with van der Waals surface area (Å²) >= 11 is 0. The summed E-state index contributed by atoms with van der Waals surface area (Å²) in [6.45, 7) is 3.20. The average molecular weight is 262 g/mol. The third-order valence-corrected chi connectivity index (χ3v) is 3.49. The van der Waals surface area contributed by atoms with Crippen molar-refractivity contribution in [1.29, 1.82) is 0 Å². The Morgan fingerprint density at radius 1 is 1.47 bits per heavy atom. The molecule has 0 spiro atoms. The van der Waals surface area contributed by atoms with Crippen LogP contribution >= 0.6 is 0 Å². The summed E-state index contributed by atoms with van der Waals surface area (Å²) in [6.07, 6.45) is 0.258. The van der Waals surface area contributed by atoms with E-state index in [2.05, 4.69) is 4.90 Å². The van der Waals surface area contributed by atoms with Crippen molar-refractivity contribution >= 4 is 5.91 Å². The van der Waals surface area contributed by atoms with Gasteiger partial charge in [-0.25, -0.2) is 0 Å². The molecular formula is C15H22N2O2. The Morgan fingerprint density at radius 2 is 2.21 bits per heavy atom. The lowest BCUT2D eigenvalue weighted by atomic mass is 10.1. The Kier molecular flexibility index (Phi) is 4.22. The number of aliphatic hydroxyl groups excluding tert-OH is 1. The van der Waals surface area contributed by atoms with Crippen molar-refractivity contribution in [2.75, 3.05) is 27.2 Å². The quantitative estimate of drug-likeness (QED) is 0.888.